The Hall–Kier alpha value is -2.86. The first-order chi connectivity index (χ1) is 13.3. The first-order valence-corrected chi connectivity index (χ1v) is 9.52. The summed E-state index contributed by atoms with van der Waals surface area (Å²) in [7, 11) is 0. The van der Waals surface area contributed by atoms with Gasteiger partial charge in [0.1, 0.15) is 11.4 Å². The Morgan fingerprint density at radius 2 is 1.96 bits per heavy atom. The molecular weight excluding hydrogens is 378 g/mol. The second-order valence-corrected chi connectivity index (χ2v) is 8.02. The third-order valence-corrected chi connectivity index (χ3v) is 5.18. The highest BCUT2D eigenvalue weighted by Gasteiger charge is 2.27. The largest absolute Gasteiger partial charge is 0.507 e. The molecule has 1 aliphatic rings. The van der Waals surface area contributed by atoms with E-state index >= 15 is 0 Å². The van der Waals surface area contributed by atoms with Gasteiger partial charge in [0.05, 0.1) is 11.1 Å². The van der Waals surface area contributed by atoms with Crippen LogP contribution in [0, 0.1) is 5.92 Å². The van der Waals surface area contributed by atoms with Crippen LogP contribution >= 0.6 is 11.6 Å². The van der Waals surface area contributed by atoms with Gasteiger partial charge in [0.25, 0.3) is 5.91 Å². The number of aromatic nitrogens is 2. The van der Waals surface area contributed by atoms with Crippen molar-refractivity contribution in [2.75, 3.05) is 0 Å². The standard InChI is InChI=1S/C21H20ClN3O3/c1-11(2)5-19(27)20-15-7-16(18(26)8-17(15)23-24-20)21(28)25-9-12-3-4-14(22)6-13(12)10-25/h3-4,6-8,11,26H,5,9-10H2,1-2H3,(H,23,24). The lowest BCUT2D eigenvalue weighted by molar-refractivity contribution is 0.0748. The Balaban J connectivity index is 1.68. The number of rotatable bonds is 4. The molecule has 4 rings (SSSR count). The van der Waals surface area contributed by atoms with E-state index in [0.29, 0.717) is 41.1 Å². The minimum absolute atomic E-state index is 0.0893. The van der Waals surface area contributed by atoms with Crippen LogP contribution in [0.5, 0.6) is 5.75 Å². The van der Waals surface area contributed by atoms with Crippen molar-refractivity contribution in [2.24, 2.45) is 5.92 Å². The third-order valence-electron chi connectivity index (χ3n) is 4.95. The minimum Gasteiger partial charge on any atom is -0.507 e. The number of hydrogen-bond donors (Lipinski definition) is 2. The SMILES string of the molecule is CC(C)CC(=O)c1n[nH]c2cc(O)c(C(=O)N3Cc4ccc(Cl)cc4C3)cc12. The molecule has 0 bridgehead atoms. The molecule has 7 heteroatoms. The van der Waals surface area contributed by atoms with Crippen LogP contribution in [0.3, 0.4) is 0 Å². The number of halogens is 1. The molecular formula is C21H20ClN3O3. The van der Waals surface area contributed by atoms with Gasteiger partial charge in [-0.25, -0.2) is 0 Å². The monoisotopic (exact) mass is 397 g/mol. The second kappa shape index (κ2) is 6.95. The molecule has 1 aromatic heterocycles. The van der Waals surface area contributed by atoms with E-state index in [1.807, 2.05) is 26.0 Å². The fourth-order valence-corrected chi connectivity index (χ4v) is 3.78. The highest BCUT2D eigenvalue weighted by Crippen LogP contribution is 2.31. The fraction of sp³-hybridized carbons (Fsp3) is 0.286. The second-order valence-electron chi connectivity index (χ2n) is 7.58. The van der Waals surface area contributed by atoms with Crippen LogP contribution < -0.4 is 0 Å². The summed E-state index contributed by atoms with van der Waals surface area (Å²) >= 11 is 6.04. The first-order valence-electron chi connectivity index (χ1n) is 9.14. The average Bonchev–Trinajstić information content (AvgIpc) is 3.22. The molecule has 6 nitrogen and oxygen atoms in total. The quantitative estimate of drug-likeness (QED) is 0.642. The number of aromatic amines is 1. The molecule has 0 radical (unpaired) electrons. The van der Waals surface area contributed by atoms with E-state index in [9.17, 15) is 14.7 Å². The average molecular weight is 398 g/mol. The topological polar surface area (TPSA) is 86.3 Å². The van der Waals surface area contributed by atoms with Crippen LogP contribution in [0.1, 0.15) is 52.2 Å². The molecule has 0 spiro atoms. The molecule has 0 fully saturated rings. The van der Waals surface area contributed by atoms with E-state index in [-0.39, 0.29) is 28.9 Å². The van der Waals surface area contributed by atoms with Crippen LogP contribution in [0.15, 0.2) is 30.3 Å². The molecule has 1 amide bonds. The van der Waals surface area contributed by atoms with Gasteiger partial charge in [0.2, 0.25) is 0 Å². The van der Waals surface area contributed by atoms with E-state index in [4.69, 9.17) is 11.6 Å². The summed E-state index contributed by atoms with van der Waals surface area (Å²) in [5.74, 6) is -0.325. The summed E-state index contributed by atoms with van der Waals surface area (Å²) in [6.45, 7) is 4.81. The first kappa shape index (κ1) is 18.5. The Kier molecular flexibility index (Phi) is 4.59. The van der Waals surface area contributed by atoms with Crippen molar-refractivity contribution >= 4 is 34.2 Å². The number of Topliss-reactive ketones (excluding diaryl/α,β-unsaturated/α-hetero) is 1. The summed E-state index contributed by atoms with van der Waals surface area (Å²) in [5, 5.41) is 18.4. The van der Waals surface area contributed by atoms with Gasteiger partial charge >= 0.3 is 0 Å². The van der Waals surface area contributed by atoms with Crippen molar-refractivity contribution in [1.29, 1.82) is 0 Å². The van der Waals surface area contributed by atoms with Crippen molar-refractivity contribution in [3.63, 3.8) is 0 Å². The van der Waals surface area contributed by atoms with Crippen LogP contribution in [0.4, 0.5) is 0 Å². The van der Waals surface area contributed by atoms with E-state index < -0.39 is 0 Å². The van der Waals surface area contributed by atoms with Gasteiger partial charge in [0, 0.05) is 36.0 Å². The van der Waals surface area contributed by atoms with Crippen LogP contribution in [0.25, 0.3) is 10.9 Å². The van der Waals surface area contributed by atoms with E-state index in [0.717, 1.165) is 11.1 Å². The van der Waals surface area contributed by atoms with E-state index in [1.165, 1.54) is 6.07 Å². The number of nitrogens with one attached hydrogen (secondary N) is 1. The summed E-state index contributed by atoms with van der Waals surface area (Å²) in [4.78, 5) is 27.2. The Morgan fingerprint density at radius 1 is 1.21 bits per heavy atom. The maximum absolute atomic E-state index is 13.1. The Labute approximate surface area is 167 Å². The maximum atomic E-state index is 13.1. The highest BCUT2D eigenvalue weighted by molar-refractivity contribution is 6.30. The molecule has 0 saturated heterocycles. The summed E-state index contributed by atoms with van der Waals surface area (Å²) < 4.78 is 0. The molecule has 144 valence electrons. The molecule has 0 aliphatic carbocycles. The molecule has 0 unspecified atom stereocenters. The van der Waals surface area contributed by atoms with E-state index in [2.05, 4.69) is 10.2 Å². The van der Waals surface area contributed by atoms with Crippen molar-refractivity contribution < 1.29 is 14.7 Å². The zero-order valence-electron chi connectivity index (χ0n) is 15.6. The van der Waals surface area contributed by atoms with Crippen LogP contribution in [-0.2, 0) is 13.1 Å². The van der Waals surface area contributed by atoms with E-state index in [1.54, 1.807) is 17.0 Å². The number of H-pyrrole nitrogens is 1. The van der Waals surface area contributed by atoms with Crippen molar-refractivity contribution in [1.82, 2.24) is 15.1 Å². The highest BCUT2D eigenvalue weighted by atomic mass is 35.5. The van der Waals surface area contributed by atoms with Gasteiger partial charge in [-0.1, -0.05) is 31.5 Å². The van der Waals surface area contributed by atoms with Gasteiger partial charge in [-0.2, -0.15) is 5.10 Å². The van der Waals surface area contributed by atoms with Crippen LogP contribution in [0.2, 0.25) is 5.02 Å². The maximum Gasteiger partial charge on any atom is 0.258 e. The lowest BCUT2D eigenvalue weighted by Gasteiger charge is -2.16. The number of amides is 1. The molecule has 0 saturated carbocycles. The van der Waals surface area contributed by atoms with Crippen LogP contribution in [-0.4, -0.2) is 31.9 Å². The number of carbonyl (C=O) groups is 2. The molecule has 2 aromatic carbocycles. The van der Waals surface area contributed by atoms with Crippen molar-refractivity contribution in [2.45, 2.75) is 33.4 Å². The predicted octanol–water partition coefficient (Wildman–Crippen LogP) is 4.31. The van der Waals surface area contributed by atoms with Gasteiger partial charge in [-0.3, -0.25) is 14.7 Å². The Bertz CT molecular complexity index is 1100. The van der Waals surface area contributed by atoms with Gasteiger partial charge in [-0.15, -0.1) is 0 Å². The van der Waals surface area contributed by atoms with Crippen molar-refractivity contribution in [3.8, 4) is 5.75 Å². The number of fused-ring (bicyclic) bond motifs is 2. The van der Waals surface area contributed by atoms with Gasteiger partial charge < -0.3 is 10.0 Å². The predicted molar refractivity (Wildman–Crippen MR) is 107 cm³/mol. The molecule has 1 aliphatic heterocycles. The molecule has 2 N–H and O–H groups in total. The molecule has 2 heterocycles. The Morgan fingerprint density at radius 3 is 2.71 bits per heavy atom. The number of phenolic OH excluding ortho intramolecular Hbond substituents is 1. The number of aromatic hydroxyl groups is 1. The van der Waals surface area contributed by atoms with Gasteiger partial charge in [-0.05, 0) is 35.2 Å². The zero-order valence-corrected chi connectivity index (χ0v) is 16.4. The number of carbonyl (C=O) groups excluding carboxylic acids is 2. The molecule has 3 aromatic rings. The normalized spacial score (nSPS) is 13.4. The smallest absolute Gasteiger partial charge is 0.258 e. The summed E-state index contributed by atoms with van der Waals surface area (Å²) in [6.07, 6.45) is 0.367. The fourth-order valence-electron chi connectivity index (χ4n) is 3.58. The summed E-state index contributed by atoms with van der Waals surface area (Å²) in [6, 6.07) is 8.57. The van der Waals surface area contributed by atoms with Gasteiger partial charge in [0.15, 0.2) is 5.78 Å². The molecule has 28 heavy (non-hydrogen) atoms. The van der Waals surface area contributed by atoms with Crippen molar-refractivity contribution in [3.05, 3.63) is 57.7 Å². The number of benzene rings is 2. The zero-order chi connectivity index (χ0) is 20.0. The lowest BCUT2D eigenvalue weighted by Crippen LogP contribution is -2.25. The number of ketones is 1. The lowest BCUT2D eigenvalue weighted by atomic mass is 10.0. The molecule has 0 atom stereocenters. The number of nitrogens with zero attached hydrogens (tertiary/aromatic N) is 2. The third kappa shape index (κ3) is 3.24. The minimum atomic E-state index is -0.296. The summed E-state index contributed by atoms with van der Waals surface area (Å²) in [5.41, 5.74) is 3.02. The number of hydrogen-bond acceptors (Lipinski definition) is 4. The number of phenols is 1.